The average Bonchev–Trinajstić information content (AvgIpc) is 2.39. The van der Waals surface area contributed by atoms with Crippen LogP contribution >= 0.6 is 27.5 Å². The van der Waals surface area contributed by atoms with Gasteiger partial charge in [0.05, 0.1) is 6.04 Å². The van der Waals surface area contributed by atoms with Crippen molar-refractivity contribution in [3.05, 3.63) is 68.7 Å². The predicted octanol–water partition coefficient (Wildman–Crippen LogP) is 4.16. The van der Waals surface area contributed by atoms with Crippen LogP contribution in [0.3, 0.4) is 0 Å². The number of rotatable bonds is 4. The summed E-state index contributed by atoms with van der Waals surface area (Å²) in [6.07, 6.45) is 0.840. The van der Waals surface area contributed by atoms with E-state index in [1.54, 1.807) is 0 Å². The molecule has 0 aliphatic heterocycles. The smallest absolute Gasteiger partial charge is 0.0502 e. The summed E-state index contributed by atoms with van der Waals surface area (Å²) in [6, 6.07) is 14.2. The molecule has 0 fully saturated rings. The largest absolute Gasteiger partial charge is 0.271 e. The topological polar surface area (TPSA) is 38.0 Å². The van der Waals surface area contributed by atoms with E-state index in [2.05, 4.69) is 33.5 Å². The van der Waals surface area contributed by atoms with Gasteiger partial charge in [0.1, 0.15) is 0 Å². The molecule has 0 saturated carbocycles. The summed E-state index contributed by atoms with van der Waals surface area (Å²) in [4.78, 5) is 0. The van der Waals surface area contributed by atoms with Gasteiger partial charge < -0.3 is 0 Å². The molecule has 0 radical (unpaired) electrons. The zero-order chi connectivity index (χ0) is 13.8. The van der Waals surface area contributed by atoms with E-state index in [4.69, 9.17) is 17.4 Å². The van der Waals surface area contributed by atoms with Gasteiger partial charge in [-0.1, -0.05) is 45.7 Å². The molecule has 2 aromatic rings. The van der Waals surface area contributed by atoms with Crippen molar-refractivity contribution in [3.8, 4) is 0 Å². The van der Waals surface area contributed by atoms with Gasteiger partial charge in [-0.15, -0.1) is 0 Å². The first-order valence-corrected chi connectivity index (χ1v) is 7.24. The Morgan fingerprint density at radius 1 is 1.21 bits per heavy atom. The lowest BCUT2D eigenvalue weighted by Gasteiger charge is -2.19. The van der Waals surface area contributed by atoms with E-state index in [9.17, 15) is 0 Å². The number of nitrogens with one attached hydrogen (secondary N) is 1. The number of hydrogen-bond acceptors (Lipinski definition) is 2. The maximum atomic E-state index is 5.99. The van der Waals surface area contributed by atoms with Crippen molar-refractivity contribution in [2.24, 2.45) is 5.84 Å². The van der Waals surface area contributed by atoms with Crippen LogP contribution in [0.1, 0.15) is 22.7 Å². The van der Waals surface area contributed by atoms with Crippen LogP contribution in [0.5, 0.6) is 0 Å². The maximum Gasteiger partial charge on any atom is 0.0502 e. The Balaban J connectivity index is 2.22. The summed E-state index contributed by atoms with van der Waals surface area (Å²) < 4.78 is 1.08. The van der Waals surface area contributed by atoms with Gasteiger partial charge in [0.2, 0.25) is 0 Å². The third kappa shape index (κ3) is 3.80. The highest BCUT2D eigenvalue weighted by molar-refractivity contribution is 9.10. The third-order valence-electron chi connectivity index (χ3n) is 3.16. The molecule has 0 aromatic heterocycles. The minimum atomic E-state index is 0.0819. The van der Waals surface area contributed by atoms with Crippen LogP contribution < -0.4 is 11.3 Å². The molecule has 0 amide bonds. The van der Waals surface area contributed by atoms with Crippen LogP contribution in [0, 0.1) is 6.92 Å². The van der Waals surface area contributed by atoms with E-state index in [1.807, 2.05) is 37.3 Å². The molecule has 0 saturated heterocycles. The molecule has 1 unspecified atom stereocenters. The van der Waals surface area contributed by atoms with Gasteiger partial charge in [-0.3, -0.25) is 11.3 Å². The number of hydrogen-bond donors (Lipinski definition) is 2. The van der Waals surface area contributed by atoms with Gasteiger partial charge in [-0.2, -0.15) is 0 Å². The van der Waals surface area contributed by atoms with Gasteiger partial charge >= 0.3 is 0 Å². The fraction of sp³-hybridized carbons (Fsp3) is 0.200. The molecule has 0 aliphatic carbocycles. The van der Waals surface area contributed by atoms with E-state index in [1.165, 1.54) is 11.1 Å². The Morgan fingerprint density at radius 2 is 1.89 bits per heavy atom. The van der Waals surface area contributed by atoms with Crippen LogP contribution in [0.15, 0.2) is 46.9 Å². The van der Waals surface area contributed by atoms with Gasteiger partial charge in [0, 0.05) is 9.50 Å². The molecular weight excluding hydrogens is 324 g/mol. The van der Waals surface area contributed by atoms with Crippen molar-refractivity contribution < 1.29 is 0 Å². The zero-order valence-electron chi connectivity index (χ0n) is 10.7. The van der Waals surface area contributed by atoms with Crippen LogP contribution in [0.4, 0.5) is 0 Å². The van der Waals surface area contributed by atoms with Crippen molar-refractivity contribution in [1.29, 1.82) is 0 Å². The van der Waals surface area contributed by atoms with Gasteiger partial charge in [0.25, 0.3) is 0 Å². The highest BCUT2D eigenvalue weighted by Crippen LogP contribution is 2.24. The number of nitrogens with two attached hydrogens (primary N) is 1. The standard InChI is InChI=1S/C15H16BrClN2/c1-10-8-13(17)6-7-14(10)15(19-18)9-11-2-4-12(16)5-3-11/h2-8,15,19H,9,18H2,1H3. The molecule has 100 valence electrons. The second-order valence-corrected chi connectivity index (χ2v) is 5.90. The van der Waals surface area contributed by atoms with Gasteiger partial charge in [0.15, 0.2) is 0 Å². The molecule has 2 aromatic carbocycles. The second-order valence-electron chi connectivity index (χ2n) is 4.55. The van der Waals surface area contributed by atoms with Crippen molar-refractivity contribution in [2.75, 3.05) is 0 Å². The summed E-state index contributed by atoms with van der Waals surface area (Å²) in [7, 11) is 0. The summed E-state index contributed by atoms with van der Waals surface area (Å²) in [5.74, 6) is 5.70. The zero-order valence-corrected chi connectivity index (χ0v) is 13.0. The Kier molecular flexibility index (Phi) is 4.99. The van der Waals surface area contributed by atoms with Crippen molar-refractivity contribution in [3.63, 3.8) is 0 Å². The van der Waals surface area contributed by atoms with Gasteiger partial charge in [-0.25, -0.2) is 0 Å². The van der Waals surface area contributed by atoms with E-state index in [-0.39, 0.29) is 6.04 Å². The molecule has 4 heteroatoms. The molecule has 1 atom stereocenters. The minimum absolute atomic E-state index is 0.0819. The second kappa shape index (κ2) is 6.53. The van der Waals surface area contributed by atoms with Gasteiger partial charge in [-0.05, 0) is 54.3 Å². The van der Waals surface area contributed by atoms with E-state index in [0.29, 0.717) is 0 Å². The highest BCUT2D eigenvalue weighted by atomic mass is 79.9. The Morgan fingerprint density at radius 3 is 2.47 bits per heavy atom. The SMILES string of the molecule is Cc1cc(Cl)ccc1C(Cc1ccc(Br)cc1)NN. The Hall–Kier alpha value is -0.870. The molecule has 0 heterocycles. The van der Waals surface area contributed by atoms with Crippen molar-refractivity contribution >= 4 is 27.5 Å². The normalized spacial score (nSPS) is 12.4. The Labute approximate surface area is 127 Å². The molecule has 2 rings (SSSR count). The summed E-state index contributed by atoms with van der Waals surface area (Å²) >= 11 is 9.42. The van der Waals surface area contributed by atoms with E-state index >= 15 is 0 Å². The van der Waals surface area contributed by atoms with Crippen LogP contribution in [0.2, 0.25) is 5.02 Å². The van der Waals surface area contributed by atoms with Crippen LogP contribution in [-0.2, 0) is 6.42 Å². The maximum absolute atomic E-state index is 5.99. The fourth-order valence-corrected chi connectivity index (χ4v) is 2.64. The summed E-state index contributed by atoms with van der Waals surface area (Å²) in [5.41, 5.74) is 6.45. The lowest BCUT2D eigenvalue weighted by atomic mass is 9.96. The minimum Gasteiger partial charge on any atom is -0.271 e. The molecular formula is C15H16BrClN2. The lowest BCUT2D eigenvalue weighted by Crippen LogP contribution is -2.30. The van der Waals surface area contributed by atoms with E-state index in [0.717, 1.165) is 21.5 Å². The highest BCUT2D eigenvalue weighted by Gasteiger charge is 2.13. The summed E-state index contributed by atoms with van der Waals surface area (Å²) in [5, 5.41) is 0.751. The predicted molar refractivity (Wildman–Crippen MR) is 84.1 cm³/mol. The third-order valence-corrected chi connectivity index (χ3v) is 3.93. The lowest BCUT2D eigenvalue weighted by molar-refractivity contribution is 0.549. The number of hydrazine groups is 1. The number of halogens is 2. The number of aryl methyl sites for hydroxylation is 1. The molecule has 2 nitrogen and oxygen atoms in total. The molecule has 3 N–H and O–H groups in total. The van der Waals surface area contributed by atoms with Crippen LogP contribution in [-0.4, -0.2) is 0 Å². The molecule has 0 spiro atoms. The monoisotopic (exact) mass is 338 g/mol. The molecule has 19 heavy (non-hydrogen) atoms. The summed E-state index contributed by atoms with van der Waals surface area (Å²) in [6.45, 7) is 2.05. The van der Waals surface area contributed by atoms with Crippen LogP contribution in [0.25, 0.3) is 0 Å². The fourth-order valence-electron chi connectivity index (χ4n) is 2.14. The quantitative estimate of drug-likeness (QED) is 0.648. The first kappa shape index (κ1) is 14.5. The first-order valence-electron chi connectivity index (χ1n) is 6.07. The number of benzene rings is 2. The first-order chi connectivity index (χ1) is 9.10. The molecule has 0 aliphatic rings. The average molecular weight is 340 g/mol. The Bertz CT molecular complexity index is 555. The van der Waals surface area contributed by atoms with E-state index < -0.39 is 0 Å². The van der Waals surface area contributed by atoms with Crippen molar-refractivity contribution in [1.82, 2.24) is 5.43 Å². The van der Waals surface area contributed by atoms with Crippen molar-refractivity contribution in [2.45, 2.75) is 19.4 Å². The molecule has 0 bridgehead atoms.